The van der Waals surface area contributed by atoms with Gasteiger partial charge >= 0.3 is 5.97 Å². The Morgan fingerprint density at radius 2 is 2.09 bits per heavy atom. The number of carboxylic acids is 1. The number of aromatic nitrogens is 2. The van der Waals surface area contributed by atoms with E-state index in [1.165, 1.54) is 23.3 Å². The molecule has 6 heteroatoms. The Morgan fingerprint density at radius 3 is 2.91 bits per heavy atom. The Hall–Kier alpha value is -1.69. The van der Waals surface area contributed by atoms with Crippen molar-refractivity contribution in [2.75, 3.05) is 11.4 Å². The van der Waals surface area contributed by atoms with Crippen molar-refractivity contribution < 1.29 is 9.90 Å². The molecule has 1 N–H and O–H groups in total. The number of aliphatic carboxylic acids is 1. The summed E-state index contributed by atoms with van der Waals surface area (Å²) in [6.45, 7) is 2.67. The van der Waals surface area contributed by atoms with E-state index in [9.17, 15) is 9.90 Å². The number of fused-ring (bicyclic) bond motifs is 3. The molecule has 5 nitrogen and oxygen atoms in total. The van der Waals surface area contributed by atoms with E-state index in [2.05, 4.69) is 9.97 Å². The Morgan fingerprint density at radius 1 is 1.27 bits per heavy atom. The molecule has 116 valence electrons. The van der Waals surface area contributed by atoms with Gasteiger partial charge in [-0.2, -0.15) is 0 Å². The minimum absolute atomic E-state index is 0.448. The minimum Gasteiger partial charge on any atom is -0.480 e. The standard InChI is InChI=1S/C16H19N3O2S/c1-9-17-14(19-8-4-6-11(19)16(20)21)13-10-5-2-3-7-12(10)22-15(13)18-9/h11H,2-8H2,1H3,(H,20,21)/t11-/m0/s1. The maximum Gasteiger partial charge on any atom is 0.326 e. The molecule has 2 aromatic rings. The second-order valence-electron chi connectivity index (χ2n) is 6.18. The fourth-order valence-corrected chi connectivity index (χ4v) is 5.03. The first-order chi connectivity index (χ1) is 10.6. The molecule has 1 atom stereocenters. The number of rotatable bonds is 2. The van der Waals surface area contributed by atoms with E-state index in [0.717, 1.165) is 47.7 Å². The lowest BCUT2D eigenvalue weighted by molar-refractivity contribution is -0.138. The lowest BCUT2D eigenvalue weighted by Gasteiger charge is -2.24. The van der Waals surface area contributed by atoms with Gasteiger partial charge in [0.15, 0.2) is 0 Å². The lowest BCUT2D eigenvalue weighted by atomic mass is 9.97. The normalized spacial score (nSPS) is 21.3. The molecule has 0 unspecified atom stereocenters. The second-order valence-corrected chi connectivity index (χ2v) is 7.26. The fraction of sp³-hybridized carbons (Fsp3) is 0.562. The SMILES string of the molecule is Cc1nc(N2CCC[C@H]2C(=O)O)c2c3c(sc2n1)CCCC3. The first kappa shape index (κ1) is 13.9. The van der Waals surface area contributed by atoms with Crippen LogP contribution in [0, 0.1) is 6.92 Å². The highest BCUT2D eigenvalue weighted by Crippen LogP contribution is 2.41. The zero-order valence-corrected chi connectivity index (χ0v) is 13.4. The number of hydrogen-bond donors (Lipinski definition) is 1. The summed E-state index contributed by atoms with van der Waals surface area (Å²) in [5, 5.41) is 10.6. The summed E-state index contributed by atoms with van der Waals surface area (Å²) in [7, 11) is 0. The molecule has 3 heterocycles. The molecule has 2 aliphatic rings. The van der Waals surface area contributed by atoms with Crippen LogP contribution in [0.25, 0.3) is 10.2 Å². The number of carbonyl (C=O) groups is 1. The fourth-order valence-electron chi connectivity index (χ4n) is 3.73. The van der Waals surface area contributed by atoms with Crippen LogP contribution in [0.2, 0.25) is 0 Å². The van der Waals surface area contributed by atoms with Gasteiger partial charge in [-0.05, 0) is 51.0 Å². The van der Waals surface area contributed by atoms with Gasteiger partial charge in [0.05, 0.1) is 5.39 Å². The van der Waals surface area contributed by atoms with Gasteiger partial charge < -0.3 is 10.0 Å². The summed E-state index contributed by atoms with van der Waals surface area (Å²) in [6, 6.07) is -0.448. The average Bonchev–Trinajstić information content (AvgIpc) is 3.10. The van der Waals surface area contributed by atoms with Crippen LogP contribution in [0.5, 0.6) is 0 Å². The number of carboxylic acid groups (broad SMARTS) is 1. The van der Waals surface area contributed by atoms with Gasteiger partial charge in [0, 0.05) is 11.4 Å². The van der Waals surface area contributed by atoms with Crippen LogP contribution in [-0.2, 0) is 17.6 Å². The first-order valence-corrected chi connectivity index (χ1v) is 8.75. The van der Waals surface area contributed by atoms with Crippen molar-refractivity contribution in [3.05, 3.63) is 16.3 Å². The summed E-state index contributed by atoms with van der Waals surface area (Å²) in [5.41, 5.74) is 1.37. The quantitative estimate of drug-likeness (QED) is 0.922. The molecule has 0 aromatic carbocycles. The summed E-state index contributed by atoms with van der Waals surface area (Å²) in [6.07, 6.45) is 6.25. The molecule has 0 radical (unpaired) electrons. The largest absolute Gasteiger partial charge is 0.480 e. The summed E-state index contributed by atoms with van der Waals surface area (Å²) < 4.78 is 0. The summed E-state index contributed by atoms with van der Waals surface area (Å²) >= 11 is 1.77. The van der Waals surface area contributed by atoms with E-state index in [1.807, 2.05) is 11.8 Å². The van der Waals surface area contributed by atoms with Gasteiger partial charge in [-0.15, -0.1) is 11.3 Å². The molecule has 1 saturated heterocycles. The van der Waals surface area contributed by atoms with Crippen LogP contribution in [0.1, 0.15) is 41.9 Å². The molecule has 4 rings (SSSR count). The molecule has 1 aliphatic carbocycles. The maximum absolute atomic E-state index is 11.6. The summed E-state index contributed by atoms with van der Waals surface area (Å²) in [5.74, 6) is 0.843. The van der Waals surface area contributed by atoms with E-state index in [0.29, 0.717) is 6.42 Å². The molecular weight excluding hydrogens is 298 g/mol. The zero-order valence-electron chi connectivity index (χ0n) is 12.6. The van der Waals surface area contributed by atoms with E-state index in [4.69, 9.17) is 0 Å². The van der Waals surface area contributed by atoms with Crippen molar-refractivity contribution in [1.82, 2.24) is 9.97 Å². The van der Waals surface area contributed by atoms with Gasteiger partial charge in [0.2, 0.25) is 0 Å². The Bertz CT molecular complexity index is 755. The van der Waals surface area contributed by atoms with Crippen LogP contribution in [-0.4, -0.2) is 33.6 Å². The molecule has 22 heavy (non-hydrogen) atoms. The van der Waals surface area contributed by atoms with Gasteiger partial charge in [-0.25, -0.2) is 14.8 Å². The van der Waals surface area contributed by atoms with Crippen LogP contribution in [0.4, 0.5) is 5.82 Å². The van der Waals surface area contributed by atoms with E-state index in [-0.39, 0.29) is 0 Å². The third-order valence-electron chi connectivity index (χ3n) is 4.72. The van der Waals surface area contributed by atoms with Gasteiger partial charge in [0.25, 0.3) is 0 Å². The molecule has 0 amide bonds. The van der Waals surface area contributed by atoms with Gasteiger partial charge in [-0.3, -0.25) is 0 Å². The molecule has 2 aromatic heterocycles. The third kappa shape index (κ3) is 2.08. The van der Waals surface area contributed by atoms with Crippen molar-refractivity contribution in [1.29, 1.82) is 0 Å². The zero-order chi connectivity index (χ0) is 15.3. The third-order valence-corrected chi connectivity index (χ3v) is 5.90. The number of aryl methyl sites for hydroxylation is 3. The van der Waals surface area contributed by atoms with Gasteiger partial charge in [0.1, 0.15) is 22.5 Å². The highest BCUT2D eigenvalue weighted by atomic mass is 32.1. The van der Waals surface area contributed by atoms with Crippen molar-refractivity contribution in [2.45, 2.75) is 51.5 Å². The van der Waals surface area contributed by atoms with E-state index >= 15 is 0 Å². The molecule has 0 spiro atoms. The van der Waals surface area contributed by atoms with E-state index in [1.54, 1.807) is 11.3 Å². The smallest absolute Gasteiger partial charge is 0.326 e. The van der Waals surface area contributed by atoms with Crippen molar-refractivity contribution >= 4 is 33.3 Å². The van der Waals surface area contributed by atoms with Crippen LogP contribution < -0.4 is 4.90 Å². The van der Waals surface area contributed by atoms with Crippen molar-refractivity contribution in [3.63, 3.8) is 0 Å². The van der Waals surface area contributed by atoms with Crippen molar-refractivity contribution in [3.8, 4) is 0 Å². The predicted molar refractivity (Wildman–Crippen MR) is 86.8 cm³/mol. The highest BCUT2D eigenvalue weighted by Gasteiger charge is 2.34. The maximum atomic E-state index is 11.6. The number of thiophene rings is 1. The topological polar surface area (TPSA) is 66.3 Å². The average molecular weight is 317 g/mol. The first-order valence-electron chi connectivity index (χ1n) is 7.93. The molecular formula is C16H19N3O2S. The summed E-state index contributed by atoms with van der Waals surface area (Å²) in [4.78, 5) is 25.3. The monoisotopic (exact) mass is 317 g/mol. The number of anilines is 1. The van der Waals surface area contributed by atoms with E-state index < -0.39 is 12.0 Å². The second kappa shape index (κ2) is 5.19. The molecule has 0 saturated carbocycles. The Labute approximate surface area is 133 Å². The van der Waals surface area contributed by atoms with Crippen molar-refractivity contribution in [2.24, 2.45) is 0 Å². The molecule has 0 bridgehead atoms. The lowest BCUT2D eigenvalue weighted by Crippen LogP contribution is -2.36. The highest BCUT2D eigenvalue weighted by molar-refractivity contribution is 7.19. The van der Waals surface area contributed by atoms with Crippen LogP contribution >= 0.6 is 11.3 Å². The number of hydrogen-bond acceptors (Lipinski definition) is 5. The Balaban J connectivity index is 1.92. The number of nitrogens with zero attached hydrogens (tertiary/aromatic N) is 3. The van der Waals surface area contributed by atoms with Crippen LogP contribution in [0.3, 0.4) is 0 Å². The molecule has 1 aliphatic heterocycles. The minimum atomic E-state index is -0.744. The Kier molecular flexibility index (Phi) is 3.29. The van der Waals surface area contributed by atoms with Gasteiger partial charge in [-0.1, -0.05) is 0 Å². The van der Waals surface area contributed by atoms with Crippen LogP contribution in [0.15, 0.2) is 0 Å². The predicted octanol–water partition coefficient (Wildman–Crippen LogP) is 2.93. The molecule has 1 fully saturated rings.